The summed E-state index contributed by atoms with van der Waals surface area (Å²) < 4.78 is 5.44. The SMILES string of the molecule is CCOc1ccc(-c2nc(C)c(/C(C)=N/N=C(N)N)s2)cc1. The van der Waals surface area contributed by atoms with E-state index in [-0.39, 0.29) is 5.96 Å². The molecule has 0 spiro atoms. The molecule has 0 bridgehead atoms. The van der Waals surface area contributed by atoms with E-state index in [1.165, 1.54) is 0 Å². The minimum atomic E-state index is -0.0618. The zero-order chi connectivity index (χ0) is 16.1. The topological polar surface area (TPSA) is 98.9 Å². The molecule has 2 aromatic rings. The summed E-state index contributed by atoms with van der Waals surface area (Å²) in [5.41, 5.74) is 13.3. The molecule has 22 heavy (non-hydrogen) atoms. The molecule has 0 saturated heterocycles. The quantitative estimate of drug-likeness (QED) is 0.503. The van der Waals surface area contributed by atoms with Crippen LogP contribution < -0.4 is 16.2 Å². The van der Waals surface area contributed by atoms with Crippen LogP contribution in [0.3, 0.4) is 0 Å². The molecule has 6 nitrogen and oxygen atoms in total. The number of hydrogen-bond acceptors (Lipinski definition) is 5. The van der Waals surface area contributed by atoms with Crippen LogP contribution in [-0.4, -0.2) is 23.3 Å². The summed E-state index contributed by atoms with van der Waals surface area (Å²) in [5.74, 6) is 0.790. The highest BCUT2D eigenvalue weighted by molar-refractivity contribution is 7.17. The Kier molecular flexibility index (Phi) is 5.11. The first kappa shape index (κ1) is 16.0. The van der Waals surface area contributed by atoms with Gasteiger partial charge in [-0.25, -0.2) is 4.98 Å². The molecule has 0 aliphatic heterocycles. The van der Waals surface area contributed by atoms with Gasteiger partial charge in [0.15, 0.2) is 0 Å². The molecular formula is C15H19N5OS. The van der Waals surface area contributed by atoms with Crippen LogP contribution in [0, 0.1) is 6.92 Å². The van der Waals surface area contributed by atoms with E-state index in [2.05, 4.69) is 15.2 Å². The lowest BCUT2D eigenvalue weighted by Gasteiger charge is -2.02. The van der Waals surface area contributed by atoms with Crippen molar-refractivity contribution in [1.29, 1.82) is 0 Å². The molecule has 7 heteroatoms. The molecule has 116 valence electrons. The monoisotopic (exact) mass is 317 g/mol. The van der Waals surface area contributed by atoms with Crippen molar-refractivity contribution in [3.63, 3.8) is 0 Å². The molecule has 0 saturated carbocycles. The molecule has 4 N–H and O–H groups in total. The second-order valence-electron chi connectivity index (χ2n) is 4.60. The van der Waals surface area contributed by atoms with Crippen LogP contribution in [0.15, 0.2) is 34.5 Å². The Morgan fingerprint density at radius 2 is 1.91 bits per heavy atom. The van der Waals surface area contributed by atoms with Crippen LogP contribution in [0.2, 0.25) is 0 Å². The van der Waals surface area contributed by atoms with Crippen molar-refractivity contribution in [2.45, 2.75) is 20.8 Å². The number of benzene rings is 1. The smallest absolute Gasteiger partial charge is 0.211 e. The van der Waals surface area contributed by atoms with Gasteiger partial charge in [0.2, 0.25) is 5.96 Å². The van der Waals surface area contributed by atoms with Crippen molar-refractivity contribution in [1.82, 2.24) is 4.98 Å². The first-order chi connectivity index (χ1) is 10.5. The van der Waals surface area contributed by atoms with Crippen molar-refractivity contribution in [3.8, 4) is 16.3 Å². The Morgan fingerprint density at radius 1 is 1.23 bits per heavy atom. The van der Waals surface area contributed by atoms with Gasteiger partial charge in [0.1, 0.15) is 10.8 Å². The van der Waals surface area contributed by atoms with Gasteiger partial charge in [-0.05, 0) is 45.0 Å². The van der Waals surface area contributed by atoms with Gasteiger partial charge in [0.25, 0.3) is 0 Å². The average molecular weight is 317 g/mol. The molecule has 2 rings (SSSR count). The number of rotatable bonds is 5. The van der Waals surface area contributed by atoms with Crippen molar-refractivity contribution in [3.05, 3.63) is 34.8 Å². The number of aryl methyl sites for hydroxylation is 1. The molecule has 1 aromatic carbocycles. The maximum atomic E-state index is 5.44. The molecule has 0 aliphatic rings. The molecular weight excluding hydrogens is 298 g/mol. The van der Waals surface area contributed by atoms with Gasteiger partial charge >= 0.3 is 0 Å². The number of thiazole rings is 1. The first-order valence-electron chi connectivity index (χ1n) is 6.85. The summed E-state index contributed by atoms with van der Waals surface area (Å²) >= 11 is 1.56. The van der Waals surface area contributed by atoms with Crippen molar-refractivity contribution in [2.24, 2.45) is 21.7 Å². The summed E-state index contributed by atoms with van der Waals surface area (Å²) in [7, 11) is 0. The van der Waals surface area contributed by atoms with Crippen LogP contribution in [-0.2, 0) is 0 Å². The van der Waals surface area contributed by atoms with E-state index in [4.69, 9.17) is 16.2 Å². The van der Waals surface area contributed by atoms with Crippen molar-refractivity contribution >= 4 is 23.0 Å². The van der Waals surface area contributed by atoms with Gasteiger partial charge < -0.3 is 16.2 Å². The van der Waals surface area contributed by atoms with Crippen LogP contribution in [0.1, 0.15) is 24.4 Å². The van der Waals surface area contributed by atoms with E-state index in [0.717, 1.165) is 32.6 Å². The van der Waals surface area contributed by atoms with Crippen molar-refractivity contribution < 1.29 is 4.74 Å². The van der Waals surface area contributed by atoms with Crippen molar-refractivity contribution in [2.75, 3.05) is 6.61 Å². The zero-order valence-electron chi connectivity index (χ0n) is 12.8. The highest BCUT2D eigenvalue weighted by Crippen LogP contribution is 2.29. The summed E-state index contributed by atoms with van der Waals surface area (Å²) in [6.45, 7) is 6.41. The molecule has 0 radical (unpaired) electrons. The van der Waals surface area contributed by atoms with Gasteiger partial charge in [0, 0.05) is 5.56 Å². The fraction of sp³-hybridized carbons (Fsp3) is 0.267. The van der Waals surface area contributed by atoms with Crippen LogP contribution in [0.4, 0.5) is 0 Å². The molecule has 0 unspecified atom stereocenters. The Labute approximate surface area is 133 Å². The Morgan fingerprint density at radius 3 is 2.50 bits per heavy atom. The highest BCUT2D eigenvalue weighted by Gasteiger charge is 2.12. The van der Waals surface area contributed by atoms with Gasteiger partial charge in [-0.1, -0.05) is 0 Å². The number of aromatic nitrogens is 1. The van der Waals surface area contributed by atoms with Gasteiger partial charge in [-0.15, -0.1) is 16.4 Å². The molecule has 0 amide bonds. The highest BCUT2D eigenvalue weighted by atomic mass is 32.1. The van der Waals surface area contributed by atoms with E-state index in [1.807, 2.05) is 45.0 Å². The lowest BCUT2D eigenvalue weighted by atomic mass is 10.2. The predicted molar refractivity (Wildman–Crippen MR) is 91.5 cm³/mol. The standard InChI is InChI=1S/C15H19N5OS/c1-4-21-12-7-5-11(6-8-12)14-18-9(2)13(22-14)10(3)19-20-15(16)17/h5-8H,4H2,1-3H3,(H4,16,17,20)/b19-10+. The molecule has 0 aliphatic carbocycles. The van der Waals surface area contributed by atoms with Crippen LogP contribution in [0.5, 0.6) is 5.75 Å². The zero-order valence-corrected chi connectivity index (χ0v) is 13.6. The third kappa shape index (κ3) is 3.82. The lowest BCUT2D eigenvalue weighted by Crippen LogP contribution is -2.22. The normalized spacial score (nSPS) is 11.3. The minimum Gasteiger partial charge on any atom is -0.494 e. The molecule has 1 aromatic heterocycles. The average Bonchev–Trinajstić information content (AvgIpc) is 2.88. The number of nitrogens with zero attached hydrogens (tertiary/aromatic N) is 3. The maximum absolute atomic E-state index is 5.44. The van der Waals surface area contributed by atoms with Gasteiger partial charge in [-0.2, -0.15) is 5.10 Å². The predicted octanol–water partition coefficient (Wildman–Crippen LogP) is 2.51. The number of guanidine groups is 1. The Hall–Kier alpha value is -2.41. The fourth-order valence-corrected chi connectivity index (χ4v) is 2.91. The van der Waals surface area contributed by atoms with E-state index in [0.29, 0.717) is 6.61 Å². The third-order valence-corrected chi connectivity index (χ3v) is 4.17. The number of ether oxygens (including phenoxy) is 1. The number of nitrogens with two attached hydrogens (primary N) is 2. The van der Waals surface area contributed by atoms with Crippen LogP contribution >= 0.6 is 11.3 Å². The van der Waals surface area contributed by atoms with Gasteiger partial charge in [-0.3, -0.25) is 0 Å². The lowest BCUT2D eigenvalue weighted by molar-refractivity contribution is 0.340. The van der Waals surface area contributed by atoms with E-state index >= 15 is 0 Å². The molecule has 0 fully saturated rings. The Bertz CT molecular complexity index is 699. The third-order valence-electron chi connectivity index (χ3n) is 2.85. The summed E-state index contributed by atoms with van der Waals surface area (Å²) in [4.78, 5) is 5.56. The van der Waals surface area contributed by atoms with E-state index in [9.17, 15) is 0 Å². The first-order valence-corrected chi connectivity index (χ1v) is 7.67. The van der Waals surface area contributed by atoms with Crippen LogP contribution in [0.25, 0.3) is 10.6 Å². The Balaban J connectivity index is 2.29. The molecule has 1 heterocycles. The minimum absolute atomic E-state index is 0.0618. The molecule has 0 atom stereocenters. The van der Waals surface area contributed by atoms with E-state index < -0.39 is 0 Å². The summed E-state index contributed by atoms with van der Waals surface area (Å²) in [5, 5.41) is 8.61. The second-order valence-corrected chi connectivity index (χ2v) is 5.60. The number of hydrogen-bond donors (Lipinski definition) is 2. The fourth-order valence-electron chi connectivity index (χ4n) is 1.89. The van der Waals surface area contributed by atoms with E-state index in [1.54, 1.807) is 11.3 Å². The largest absolute Gasteiger partial charge is 0.494 e. The summed E-state index contributed by atoms with van der Waals surface area (Å²) in [6.07, 6.45) is 0. The second kappa shape index (κ2) is 7.04. The van der Waals surface area contributed by atoms with Gasteiger partial charge in [0.05, 0.1) is 22.9 Å². The summed E-state index contributed by atoms with van der Waals surface area (Å²) in [6, 6.07) is 7.87. The maximum Gasteiger partial charge on any atom is 0.211 e.